The summed E-state index contributed by atoms with van der Waals surface area (Å²) in [5, 5.41) is 0. The van der Waals surface area contributed by atoms with Gasteiger partial charge in [0.25, 0.3) is 0 Å². The molecule has 0 aromatic carbocycles. The Balaban J connectivity index is 2.47. The molecular formula is C9H14N2O. The number of aldehydes is 1. The van der Waals surface area contributed by atoms with Crippen molar-refractivity contribution in [1.29, 1.82) is 0 Å². The van der Waals surface area contributed by atoms with E-state index in [1.165, 1.54) is 0 Å². The minimum Gasteiger partial charge on any atom is -0.352 e. The number of carbonyl (C=O) groups is 1. The maximum absolute atomic E-state index is 10.3. The van der Waals surface area contributed by atoms with Crippen LogP contribution in [-0.2, 0) is 6.54 Å². The van der Waals surface area contributed by atoms with Gasteiger partial charge in [0.2, 0.25) is 0 Å². The fraction of sp³-hybridized carbons (Fsp3) is 0.444. The minimum atomic E-state index is 0.744. The van der Waals surface area contributed by atoms with Crippen LogP contribution in [0.5, 0.6) is 0 Å². The molecule has 0 unspecified atom stereocenters. The third kappa shape index (κ3) is 2.51. The van der Waals surface area contributed by atoms with Crippen LogP contribution in [0.1, 0.15) is 10.4 Å². The molecule has 0 amide bonds. The first kappa shape index (κ1) is 9.00. The van der Waals surface area contributed by atoms with Crippen LogP contribution in [0.4, 0.5) is 0 Å². The fourth-order valence-electron chi connectivity index (χ4n) is 0.984. The average Bonchev–Trinajstić information content (AvgIpc) is 2.48. The molecule has 1 heterocycles. The van der Waals surface area contributed by atoms with Crippen molar-refractivity contribution < 1.29 is 4.79 Å². The van der Waals surface area contributed by atoms with Crippen molar-refractivity contribution in [2.45, 2.75) is 6.54 Å². The summed E-state index contributed by atoms with van der Waals surface area (Å²) >= 11 is 0. The van der Waals surface area contributed by atoms with Crippen LogP contribution in [0.2, 0.25) is 0 Å². The number of likely N-dealkylation sites (N-methyl/N-ethyl adjacent to an activating group) is 1. The average molecular weight is 166 g/mol. The highest BCUT2D eigenvalue weighted by molar-refractivity contribution is 5.74. The van der Waals surface area contributed by atoms with E-state index < -0.39 is 0 Å². The summed E-state index contributed by atoms with van der Waals surface area (Å²) in [4.78, 5) is 12.4. The predicted molar refractivity (Wildman–Crippen MR) is 48.4 cm³/mol. The number of rotatable bonds is 4. The van der Waals surface area contributed by atoms with Gasteiger partial charge < -0.3 is 9.47 Å². The van der Waals surface area contributed by atoms with E-state index in [9.17, 15) is 4.79 Å². The van der Waals surface area contributed by atoms with Gasteiger partial charge in [-0.1, -0.05) is 0 Å². The number of hydrogen-bond acceptors (Lipinski definition) is 2. The monoisotopic (exact) mass is 166 g/mol. The van der Waals surface area contributed by atoms with Gasteiger partial charge in [-0.25, -0.2) is 0 Å². The van der Waals surface area contributed by atoms with Crippen molar-refractivity contribution in [1.82, 2.24) is 9.47 Å². The van der Waals surface area contributed by atoms with E-state index in [-0.39, 0.29) is 0 Å². The second-order valence-corrected chi connectivity index (χ2v) is 3.10. The van der Waals surface area contributed by atoms with Crippen molar-refractivity contribution in [3.63, 3.8) is 0 Å². The van der Waals surface area contributed by atoms with E-state index in [0.717, 1.165) is 24.9 Å². The zero-order valence-electron chi connectivity index (χ0n) is 7.53. The Kier molecular flexibility index (Phi) is 3.05. The number of nitrogens with zero attached hydrogens (tertiary/aromatic N) is 2. The normalized spacial score (nSPS) is 10.6. The summed E-state index contributed by atoms with van der Waals surface area (Å²) < 4.78 is 2.02. The van der Waals surface area contributed by atoms with Gasteiger partial charge in [-0.2, -0.15) is 0 Å². The maximum Gasteiger partial charge on any atom is 0.151 e. The predicted octanol–water partition coefficient (Wildman–Crippen LogP) is 0.862. The number of hydrogen-bond donors (Lipinski definition) is 0. The highest BCUT2D eigenvalue weighted by Crippen LogP contribution is 1.97. The third-order valence-electron chi connectivity index (χ3n) is 1.71. The van der Waals surface area contributed by atoms with Crippen molar-refractivity contribution in [2.24, 2.45) is 0 Å². The lowest BCUT2D eigenvalue weighted by Crippen LogP contribution is -2.17. The molecule has 0 saturated heterocycles. The summed E-state index contributed by atoms with van der Waals surface area (Å²) in [7, 11) is 4.06. The van der Waals surface area contributed by atoms with Crippen LogP contribution >= 0.6 is 0 Å². The van der Waals surface area contributed by atoms with E-state index >= 15 is 0 Å². The summed E-state index contributed by atoms with van der Waals surface area (Å²) in [6.45, 7) is 1.92. The Morgan fingerprint density at radius 2 is 2.33 bits per heavy atom. The lowest BCUT2D eigenvalue weighted by molar-refractivity contribution is 0.112. The third-order valence-corrected chi connectivity index (χ3v) is 1.71. The fourth-order valence-corrected chi connectivity index (χ4v) is 0.984. The molecule has 3 heteroatoms. The molecule has 1 aromatic heterocycles. The Bertz CT molecular complexity index is 253. The van der Waals surface area contributed by atoms with Gasteiger partial charge in [-0.15, -0.1) is 0 Å². The van der Waals surface area contributed by atoms with E-state index in [4.69, 9.17) is 0 Å². The molecule has 0 radical (unpaired) electrons. The van der Waals surface area contributed by atoms with Gasteiger partial charge in [0.15, 0.2) is 6.29 Å². The van der Waals surface area contributed by atoms with Crippen LogP contribution in [0.3, 0.4) is 0 Å². The van der Waals surface area contributed by atoms with Crippen molar-refractivity contribution in [3.8, 4) is 0 Å². The largest absolute Gasteiger partial charge is 0.352 e. The zero-order chi connectivity index (χ0) is 8.97. The van der Waals surface area contributed by atoms with Crippen LogP contribution in [0.15, 0.2) is 18.5 Å². The van der Waals surface area contributed by atoms with Crippen molar-refractivity contribution >= 4 is 6.29 Å². The van der Waals surface area contributed by atoms with Gasteiger partial charge in [-0.3, -0.25) is 4.79 Å². The lowest BCUT2D eigenvalue weighted by atomic mass is 10.4. The maximum atomic E-state index is 10.3. The SMILES string of the molecule is CN(C)CCn1ccc(C=O)c1. The standard InChI is InChI=1S/C9H14N2O/c1-10(2)5-6-11-4-3-9(7-11)8-12/h3-4,7-8H,5-6H2,1-2H3. The van der Waals surface area contributed by atoms with Crippen LogP contribution in [0, 0.1) is 0 Å². The summed E-state index contributed by atoms with van der Waals surface area (Å²) in [5.74, 6) is 0. The van der Waals surface area contributed by atoms with Gasteiger partial charge in [0.05, 0.1) is 0 Å². The first-order valence-corrected chi connectivity index (χ1v) is 3.98. The smallest absolute Gasteiger partial charge is 0.151 e. The Hall–Kier alpha value is -1.09. The zero-order valence-corrected chi connectivity index (χ0v) is 7.53. The molecule has 0 aliphatic carbocycles. The summed E-state index contributed by atoms with van der Waals surface area (Å²) in [6, 6.07) is 1.82. The van der Waals surface area contributed by atoms with Crippen molar-refractivity contribution in [3.05, 3.63) is 24.0 Å². The first-order chi connectivity index (χ1) is 5.72. The van der Waals surface area contributed by atoms with Gasteiger partial charge >= 0.3 is 0 Å². The highest BCUT2D eigenvalue weighted by Gasteiger charge is 1.95. The summed E-state index contributed by atoms with van der Waals surface area (Å²) in [5.41, 5.74) is 0.744. The summed E-state index contributed by atoms with van der Waals surface area (Å²) in [6.07, 6.45) is 4.65. The van der Waals surface area contributed by atoms with Gasteiger partial charge in [0.1, 0.15) is 0 Å². The van der Waals surface area contributed by atoms with Crippen LogP contribution < -0.4 is 0 Å². The quantitative estimate of drug-likeness (QED) is 0.620. The first-order valence-electron chi connectivity index (χ1n) is 3.98. The molecule has 12 heavy (non-hydrogen) atoms. The molecule has 0 N–H and O–H groups in total. The van der Waals surface area contributed by atoms with Crippen LogP contribution in [-0.4, -0.2) is 36.4 Å². The van der Waals surface area contributed by atoms with E-state index in [0.29, 0.717) is 0 Å². The highest BCUT2D eigenvalue weighted by atomic mass is 16.1. The molecule has 1 aromatic rings. The molecule has 3 nitrogen and oxygen atoms in total. The number of carbonyl (C=O) groups excluding carboxylic acids is 1. The molecule has 66 valence electrons. The second-order valence-electron chi connectivity index (χ2n) is 3.10. The molecule has 0 spiro atoms. The van der Waals surface area contributed by atoms with Crippen molar-refractivity contribution in [2.75, 3.05) is 20.6 Å². The molecule has 0 atom stereocenters. The van der Waals surface area contributed by atoms with Gasteiger partial charge in [0, 0.05) is 31.0 Å². The number of aromatic nitrogens is 1. The van der Waals surface area contributed by atoms with Crippen LogP contribution in [0.25, 0.3) is 0 Å². The Labute approximate surface area is 72.6 Å². The minimum absolute atomic E-state index is 0.744. The van der Waals surface area contributed by atoms with E-state index in [2.05, 4.69) is 4.90 Å². The topological polar surface area (TPSA) is 25.2 Å². The lowest BCUT2D eigenvalue weighted by Gasteiger charge is -2.09. The van der Waals surface area contributed by atoms with E-state index in [1.54, 1.807) is 0 Å². The molecule has 0 bridgehead atoms. The van der Waals surface area contributed by atoms with E-state index in [1.807, 2.05) is 37.1 Å². The molecule has 0 aliphatic rings. The molecule has 0 aliphatic heterocycles. The Morgan fingerprint density at radius 1 is 1.58 bits per heavy atom. The molecular weight excluding hydrogens is 152 g/mol. The molecule has 0 saturated carbocycles. The van der Waals surface area contributed by atoms with Gasteiger partial charge in [-0.05, 0) is 20.2 Å². The second kappa shape index (κ2) is 4.07. The Morgan fingerprint density at radius 3 is 2.83 bits per heavy atom. The molecule has 0 fully saturated rings. The molecule has 1 rings (SSSR count).